The normalized spacial score (nSPS) is 10.3. The molecule has 0 radical (unpaired) electrons. The molecule has 2 aromatic rings. The Bertz CT molecular complexity index is 470. The minimum Gasteiger partial charge on any atom is -0.293 e. The standard InChI is InChI=1S/C14H14OS/c1-2-6-12(15)14-10-9-13(16-14)11-7-4-3-5-8-11/h3-5,7-10H,2,6H2,1H3. The topological polar surface area (TPSA) is 17.1 Å². The van der Waals surface area contributed by atoms with Crippen LogP contribution in [0.15, 0.2) is 42.5 Å². The minimum absolute atomic E-state index is 0.259. The Balaban J connectivity index is 2.23. The van der Waals surface area contributed by atoms with Gasteiger partial charge in [0.2, 0.25) is 0 Å². The van der Waals surface area contributed by atoms with Crippen LogP contribution in [0.1, 0.15) is 29.4 Å². The Morgan fingerprint density at radius 2 is 1.88 bits per heavy atom. The van der Waals surface area contributed by atoms with Crippen LogP contribution in [0.25, 0.3) is 10.4 Å². The molecule has 1 nitrogen and oxygen atoms in total. The number of rotatable bonds is 4. The average molecular weight is 230 g/mol. The van der Waals surface area contributed by atoms with E-state index >= 15 is 0 Å². The fourth-order valence-electron chi connectivity index (χ4n) is 1.60. The Hall–Kier alpha value is -1.41. The zero-order valence-electron chi connectivity index (χ0n) is 9.27. The number of benzene rings is 1. The lowest BCUT2D eigenvalue weighted by Crippen LogP contribution is -1.93. The molecule has 2 rings (SSSR count). The van der Waals surface area contributed by atoms with Gasteiger partial charge in [-0.25, -0.2) is 0 Å². The van der Waals surface area contributed by atoms with Crippen LogP contribution in [0, 0.1) is 0 Å². The van der Waals surface area contributed by atoms with Crippen LogP contribution in [0.3, 0.4) is 0 Å². The molecule has 0 N–H and O–H groups in total. The molecular formula is C14H14OS. The van der Waals surface area contributed by atoms with Crippen molar-refractivity contribution in [1.29, 1.82) is 0 Å². The summed E-state index contributed by atoms with van der Waals surface area (Å²) in [4.78, 5) is 13.7. The van der Waals surface area contributed by atoms with Crippen molar-refractivity contribution in [2.75, 3.05) is 0 Å². The number of hydrogen-bond donors (Lipinski definition) is 0. The van der Waals surface area contributed by atoms with Gasteiger partial charge in [-0.3, -0.25) is 4.79 Å². The van der Waals surface area contributed by atoms with Crippen molar-refractivity contribution in [3.05, 3.63) is 47.3 Å². The third kappa shape index (κ3) is 2.39. The van der Waals surface area contributed by atoms with Gasteiger partial charge in [0.05, 0.1) is 4.88 Å². The largest absolute Gasteiger partial charge is 0.293 e. The molecule has 0 saturated carbocycles. The van der Waals surface area contributed by atoms with E-state index in [1.54, 1.807) is 11.3 Å². The van der Waals surface area contributed by atoms with Crippen LogP contribution in [0.4, 0.5) is 0 Å². The zero-order chi connectivity index (χ0) is 11.4. The number of hydrogen-bond acceptors (Lipinski definition) is 2. The van der Waals surface area contributed by atoms with E-state index in [0.29, 0.717) is 6.42 Å². The van der Waals surface area contributed by atoms with Crippen molar-refractivity contribution in [1.82, 2.24) is 0 Å². The highest BCUT2D eigenvalue weighted by atomic mass is 32.1. The van der Waals surface area contributed by atoms with Crippen LogP contribution in [0.5, 0.6) is 0 Å². The third-order valence-electron chi connectivity index (χ3n) is 2.42. The predicted molar refractivity (Wildman–Crippen MR) is 69.0 cm³/mol. The van der Waals surface area contributed by atoms with Crippen molar-refractivity contribution in [2.45, 2.75) is 19.8 Å². The molecule has 1 heterocycles. The molecule has 2 heteroatoms. The minimum atomic E-state index is 0.259. The van der Waals surface area contributed by atoms with Crippen molar-refractivity contribution in [3.63, 3.8) is 0 Å². The number of Topliss-reactive ketones (excluding diaryl/α,β-unsaturated/α-hetero) is 1. The lowest BCUT2D eigenvalue weighted by Gasteiger charge is -1.95. The van der Waals surface area contributed by atoms with Crippen molar-refractivity contribution >= 4 is 17.1 Å². The van der Waals surface area contributed by atoms with Gasteiger partial charge in [0, 0.05) is 11.3 Å². The third-order valence-corrected chi connectivity index (χ3v) is 3.59. The van der Waals surface area contributed by atoms with Gasteiger partial charge in [0.25, 0.3) is 0 Å². The van der Waals surface area contributed by atoms with Crippen LogP contribution in [-0.4, -0.2) is 5.78 Å². The molecular weight excluding hydrogens is 216 g/mol. The van der Waals surface area contributed by atoms with E-state index in [2.05, 4.69) is 12.1 Å². The highest BCUT2D eigenvalue weighted by molar-refractivity contribution is 7.17. The summed E-state index contributed by atoms with van der Waals surface area (Å²) < 4.78 is 0. The fraction of sp³-hybridized carbons (Fsp3) is 0.214. The number of thiophene rings is 1. The molecule has 0 fully saturated rings. The summed E-state index contributed by atoms with van der Waals surface area (Å²) in [5.41, 5.74) is 1.18. The second kappa shape index (κ2) is 5.08. The number of carbonyl (C=O) groups excluding carboxylic acids is 1. The van der Waals surface area contributed by atoms with E-state index in [4.69, 9.17) is 0 Å². The van der Waals surface area contributed by atoms with Crippen molar-refractivity contribution < 1.29 is 4.79 Å². The molecule has 1 aromatic heterocycles. The highest BCUT2D eigenvalue weighted by Gasteiger charge is 2.08. The predicted octanol–water partition coefficient (Wildman–Crippen LogP) is 4.40. The Morgan fingerprint density at radius 3 is 2.56 bits per heavy atom. The van der Waals surface area contributed by atoms with E-state index in [-0.39, 0.29) is 5.78 Å². The average Bonchev–Trinajstić information content (AvgIpc) is 2.80. The van der Waals surface area contributed by atoms with E-state index < -0.39 is 0 Å². The Labute approximate surface area is 99.8 Å². The molecule has 0 saturated heterocycles. The summed E-state index contributed by atoms with van der Waals surface area (Å²) in [6.07, 6.45) is 1.56. The summed E-state index contributed by atoms with van der Waals surface area (Å²) in [7, 11) is 0. The lowest BCUT2D eigenvalue weighted by atomic mass is 10.2. The first-order valence-electron chi connectivity index (χ1n) is 5.49. The molecule has 1 aromatic carbocycles. The summed E-state index contributed by atoms with van der Waals surface area (Å²) >= 11 is 1.58. The molecule has 0 amide bonds. The first kappa shape index (κ1) is 11.1. The lowest BCUT2D eigenvalue weighted by molar-refractivity contribution is 0.0985. The summed E-state index contributed by atoms with van der Waals surface area (Å²) in [5.74, 6) is 0.259. The van der Waals surface area contributed by atoms with E-state index in [9.17, 15) is 4.79 Å². The van der Waals surface area contributed by atoms with E-state index in [1.165, 1.54) is 10.4 Å². The van der Waals surface area contributed by atoms with Gasteiger partial charge in [-0.1, -0.05) is 37.3 Å². The van der Waals surface area contributed by atoms with Gasteiger partial charge < -0.3 is 0 Å². The number of carbonyl (C=O) groups is 1. The molecule has 0 bridgehead atoms. The van der Waals surface area contributed by atoms with Crippen LogP contribution < -0.4 is 0 Å². The van der Waals surface area contributed by atoms with E-state index in [1.807, 2.05) is 37.3 Å². The fourth-order valence-corrected chi connectivity index (χ4v) is 2.57. The first-order valence-corrected chi connectivity index (χ1v) is 6.31. The molecule has 16 heavy (non-hydrogen) atoms. The maximum atomic E-state index is 11.7. The van der Waals surface area contributed by atoms with Crippen molar-refractivity contribution in [2.24, 2.45) is 0 Å². The maximum Gasteiger partial charge on any atom is 0.172 e. The molecule has 0 aliphatic carbocycles. The van der Waals surface area contributed by atoms with Crippen LogP contribution in [-0.2, 0) is 0 Å². The monoisotopic (exact) mass is 230 g/mol. The zero-order valence-corrected chi connectivity index (χ0v) is 10.1. The van der Waals surface area contributed by atoms with Gasteiger partial charge in [0.15, 0.2) is 5.78 Å². The quantitative estimate of drug-likeness (QED) is 0.711. The first-order chi connectivity index (χ1) is 7.81. The molecule has 0 aliphatic rings. The summed E-state index contributed by atoms with van der Waals surface area (Å²) in [5, 5.41) is 0. The van der Waals surface area contributed by atoms with E-state index in [0.717, 1.165) is 11.3 Å². The Kier molecular flexibility index (Phi) is 3.52. The summed E-state index contributed by atoms with van der Waals surface area (Å²) in [6.45, 7) is 2.03. The van der Waals surface area contributed by atoms with Crippen LogP contribution >= 0.6 is 11.3 Å². The second-order valence-electron chi connectivity index (χ2n) is 3.70. The highest BCUT2D eigenvalue weighted by Crippen LogP contribution is 2.28. The van der Waals surface area contributed by atoms with Gasteiger partial charge in [0.1, 0.15) is 0 Å². The summed E-state index contributed by atoms with van der Waals surface area (Å²) in [6, 6.07) is 14.1. The second-order valence-corrected chi connectivity index (χ2v) is 4.79. The van der Waals surface area contributed by atoms with Crippen LogP contribution in [0.2, 0.25) is 0 Å². The maximum absolute atomic E-state index is 11.7. The molecule has 0 atom stereocenters. The molecule has 0 aliphatic heterocycles. The number of ketones is 1. The SMILES string of the molecule is CCCC(=O)c1ccc(-c2ccccc2)s1. The molecule has 82 valence electrons. The van der Waals surface area contributed by atoms with Gasteiger partial charge in [-0.15, -0.1) is 11.3 Å². The van der Waals surface area contributed by atoms with Crippen molar-refractivity contribution in [3.8, 4) is 10.4 Å². The Morgan fingerprint density at radius 1 is 1.12 bits per heavy atom. The van der Waals surface area contributed by atoms with Gasteiger partial charge in [-0.2, -0.15) is 0 Å². The van der Waals surface area contributed by atoms with Gasteiger partial charge >= 0.3 is 0 Å². The molecule has 0 spiro atoms. The smallest absolute Gasteiger partial charge is 0.172 e. The molecule has 0 unspecified atom stereocenters. The van der Waals surface area contributed by atoms with Gasteiger partial charge in [-0.05, 0) is 24.1 Å².